The number of imide groups is 1. The van der Waals surface area contributed by atoms with Crippen molar-refractivity contribution < 1.29 is 19.5 Å². The molecule has 0 aromatic heterocycles. The molecule has 5 rings (SSSR count). The Morgan fingerprint density at radius 3 is 1.86 bits per heavy atom. The van der Waals surface area contributed by atoms with E-state index >= 15 is 0 Å². The first kappa shape index (κ1) is 13.2. The molecule has 0 radical (unpaired) electrons. The van der Waals surface area contributed by atoms with Crippen LogP contribution >= 0.6 is 0 Å². The number of fused-ring (bicyclic) bond motifs is 1. The number of carboxylic acid groups (broad SMARTS) is 1. The van der Waals surface area contributed by atoms with Crippen LogP contribution in [-0.4, -0.2) is 17.8 Å². The molecule has 1 heterocycles. The summed E-state index contributed by atoms with van der Waals surface area (Å²) in [7, 11) is 0. The normalized spacial score (nSPS) is 32.5. The molecule has 22 heavy (non-hydrogen) atoms. The Morgan fingerprint density at radius 1 is 0.955 bits per heavy atom. The molecular weight excluding hydrogens is 282 g/mol. The number of carboxylic acids is 1. The standard InChI is InChI=1S/C17H15NO4/c19-15-13-9-1-2-10(4-3-9)14(13)16(20)18(15)12-7-5-11(6-8-12)17(21)22/h1-2,5-10,13-14H,3-4H2,(H,21,22)/p-1/t9-,10+,13-,14-/m0/s1. The Kier molecular flexibility index (Phi) is 2.73. The fourth-order valence-corrected chi connectivity index (χ4v) is 4.08. The Hall–Kier alpha value is -2.43. The molecule has 2 bridgehead atoms. The molecule has 1 aliphatic heterocycles. The first-order chi connectivity index (χ1) is 10.6. The van der Waals surface area contributed by atoms with Crippen LogP contribution in [-0.2, 0) is 9.59 Å². The predicted octanol–water partition coefficient (Wildman–Crippen LogP) is 0.752. The second-order valence-electron chi connectivity index (χ2n) is 6.19. The van der Waals surface area contributed by atoms with Crippen molar-refractivity contribution in [3.8, 4) is 0 Å². The molecule has 4 atom stereocenters. The third-order valence-electron chi connectivity index (χ3n) is 5.12. The second-order valence-corrected chi connectivity index (χ2v) is 6.19. The Bertz CT molecular complexity index is 674. The van der Waals surface area contributed by atoms with Gasteiger partial charge < -0.3 is 9.90 Å². The maximum absolute atomic E-state index is 12.7. The fourth-order valence-electron chi connectivity index (χ4n) is 4.08. The van der Waals surface area contributed by atoms with Crippen molar-refractivity contribution in [3.63, 3.8) is 0 Å². The number of benzene rings is 1. The molecule has 2 fully saturated rings. The summed E-state index contributed by atoms with van der Waals surface area (Å²) in [4.78, 5) is 37.4. The molecule has 2 amide bonds. The largest absolute Gasteiger partial charge is 0.545 e. The number of carbonyl (C=O) groups excluding carboxylic acids is 3. The van der Waals surface area contributed by atoms with Gasteiger partial charge in [-0.25, -0.2) is 0 Å². The average Bonchev–Trinajstić information content (AvgIpc) is 2.82. The zero-order valence-corrected chi connectivity index (χ0v) is 11.8. The van der Waals surface area contributed by atoms with Crippen LogP contribution in [0.2, 0.25) is 0 Å². The smallest absolute Gasteiger partial charge is 0.238 e. The highest BCUT2D eigenvalue weighted by molar-refractivity contribution is 6.22. The van der Waals surface area contributed by atoms with Gasteiger partial charge in [0.15, 0.2) is 0 Å². The maximum Gasteiger partial charge on any atom is 0.238 e. The fraction of sp³-hybridized carbons (Fsp3) is 0.353. The van der Waals surface area contributed by atoms with Gasteiger partial charge in [0.2, 0.25) is 11.8 Å². The summed E-state index contributed by atoms with van der Waals surface area (Å²) in [6.45, 7) is 0. The van der Waals surface area contributed by atoms with Crippen molar-refractivity contribution in [2.75, 3.05) is 4.90 Å². The average molecular weight is 296 g/mol. The van der Waals surface area contributed by atoms with E-state index in [2.05, 4.69) is 12.2 Å². The summed E-state index contributed by atoms with van der Waals surface area (Å²) in [6.07, 6.45) is 6.06. The van der Waals surface area contributed by atoms with Gasteiger partial charge in [0, 0.05) is 0 Å². The maximum atomic E-state index is 12.7. The number of rotatable bonds is 2. The molecule has 1 aromatic rings. The number of hydrogen-bond acceptors (Lipinski definition) is 4. The minimum absolute atomic E-state index is 0.0296. The molecule has 1 saturated carbocycles. The van der Waals surface area contributed by atoms with E-state index in [0.717, 1.165) is 12.8 Å². The molecule has 5 heteroatoms. The zero-order valence-electron chi connectivity index (χ0n) is 11.8. The van der Waals surface area contributed by atoms with Gasteiger partial charge in [-0.05, 0) is 42.4 Å². The Balaban J connectivity index is 1.70. The van der Waals surface area contributed by atoms with Gasteiger partial charge in [0.1, 0.15) is 0 Å². The van der Waals surface area contributed by atoms with E-state index in [4.69, 9.17) is 0 Å². The van der Waals surface area contributed by atoms with Crippen LogP contribution < -0.4 is 10.0 Å². The van der Waals surface area contributed by atoms with Crippen LogP contribution in [0.15, 0.2) is 36.4 Å². The van der Waals surface area contributed by atoms with Crippen LogP contribution in [0, 0.1) is 23.7 Å². The summed E-state index contributed by atoms with van der Waals surface area (Å²) in [6, 6.07) is 5.71. The predicted molar refractivity (Wildman–Crippen MR) is 75.6 cm³/mol. The lowest BCUT2D eigenvalue weighted by Gasteiger charge is -2.38. The molecule has 1 saturated heterocycles. The third kappa shape index (κ3) is 1.68. The summed E-state index contributed by atoms with van der Waals surface area (Å²) in [5, 5.41) is 10.8. The first-order valence-electron chi connectivity index (χ1n) is 7.45. The van der Waals surface area contributed by atoms with Gasteiger partial charge in [-0.3, -0.25) is 14.5 Å². The quantitative estimate of drug-likeness (QED) is 0.596. The topological polar surface area (TPSA) is 77.5 Å². The van der Waals surface area contributed by atoms with Gasteiger partial charge in [-0.1, -0.05) is 24.3 Å². The van der Waals surface area contributed by atoms with E-state index < -0.39 is 5.97 Å². The number of nitrogens with zero attached hydrogens (tertiary/aromatic N) is 1. The molecule has 4 aliphatic rings. The molecule has 5 nitrogen and oxygen atoms in total. The minimum Gasteiger partial charge on any atom is -0.545 e. The molecule has 0 spiro atoms. The highest BCUT2D eigenvalue weighted by Gasteiger charge is 2.56. The summed E-state index contributed by atoms with van der Waals surface area (Å²) >= 11 is 0. The number of allylic oxidation sites excluding steroid dienone is 2. The SMILES string of the molecule is O=C([O-])c1ccc(N2C(=O)[C@@H]3[C@@H](C2=O)[C@H]2C=C[C@@H]3CC2)cc1. The lowest BCUT2D eigenvalue weighted by atomic mass is 9.63. The van der Waals surface area contributed by atoms with Gasteiger partial charge >= 0.3 is 0 Å². The van der Waals surface area contributed by atoms with Crippen molar-refractivity contribution in [2.24, 2.45) is 23.7 Å². The highest BCUT2D eigenvalue weighted by atomic mass is 16.4. The van der Waals surface area contributed by atoms with Crippen molar-refractivity contribution in [3.05, 3.63) is 42.0 Å². The van der Waals surface area contributed by atoms with E-state index in [1.54, 1.807) is 0 Å². The van der Waals surface area contributed by atoms with E-state index in [0.29, 0.717) is 5.69 Å². The minimum atomic E-state index is -1.28. The first-order valence-corrected chi connectivity index (χ1v) is 7.45. The van der Waals surface area contributed by atoms with Crippen molar-refractivity contribution in [1.82, 2.24) is 0 Å². The van der Waals surface area contributed by atoms with Crippen LogP contribution in [0.25, 0.3) is 0 Å². The molecular formula is C17H14NO4-. The van der Waals surface area contributed by atoms with Crippen LogP contribution in [0.1, 0.15) is 23.2 Å². The van der Waals surface area contributed by atoms with Crippen LogP contribution in [0.5, 0.6) is 0 Å². The number of anilines is 1. The molecule has 1 aromatic carbocycles. The van der Waals surface area contributed by atoms with Crippen LogP contribution in [0.4, 0.5) is 5.69 Å². The summed E-state index contributed by atoms with van der Waals surface area (Å²) in [5.74, 6) is -1.79. The monoisotopic (exact) mass is 296 g/mol. The summed E-state index contributed by atoms with van der Waals surface area (Å²) in [5.41, 5.74) is 0.468. The van der Waals surface area contributed by atoms with Crippen molar-refractivity contribution in [2.45, 2.75) is 12.8 Å². The number of amides is 2. The third-order valence-corrected chi connectivity index (χ3v) is 5.12. The van der Waals surface area contributed by atoms with E-state index in [1.807, 2.05) is 0 Å². The van der Waals surface area contributed by atoms with E-state index in [-0.39, 0.29) is 41.0 Å². The lowest BCUT2D eigenvalue weighted by Crippen LogP contribution is -2.38. The Morgan fingerprint density at radius 2 is 1.45 bits per heavy atom. The van der Waals surface area contributed by atoms with Crippen LogP contribution in [0.3, 0.4) is 0 Å². The molecule has 0 unspecified atom stereocenters. The Labute approximate surface area is 127 Å². The van der Waals surface area contributed by atoms with Gasteiger partial charge in [0.05, 0.1) is 23.5 Å². The molecule has 112 valence electrons. The number of hydrogen-bond donors (Lipinski definition) is 0. The summed E-state index contributed by atoms with van der Waals surface area (Å²) < 4.78 is 0. The van der Waals surface area contributed by atoms with Gasteiger partial charge in [-0.15, -0.1) is 0 Å². The van der Waals surface area contributed by atoms with Crippen molar-refractivity contribution >= 4 is 23.5 Å². The number of carbonyl (C=O) groups is 3. The molecule has 3 aliphatic carbocycles. The number of aromatic carboxylic acids is 1. The highest BCUT2D eigenvalue weighted by Crippen LogP contribution is 2.50. The van der Waals surface area contributed by atoms with E-state index in [9.17, 15) is 19.5 Å². The van der Waals surface area contributed by atoms with Crippen molar-refractivity contribution in [1.29, 1.82) is 0 Å². The molecule has 0 N–H and O–H groups in total. The van der Waals surface area contributed by atoms with Gasteiger partial charge in [0.25, 0.3) is 0 Å². The van der Waals surface area contributed by atoms with E-state index in [1.165, 1.54) is 29.2 Å². The lowest BCUT2D eigenvalue weighted by molar-refractivity contribution is -0.255. The van der Waals surface area contributed by atoms with Gasteiger partial charge in [-0.2, -0.15) is 0 Å². The second kappa shape index (κ2) is 4.53. The zero-order chi connectivity index (χ0) is 15.4.